The summed E-state index contributed by atoms with van der Waals surface area (Å²) in [6.07, 6.45) is 3.70. The molecule has 3 aliphatic rings. The third kappa shape index (κ3) is 1.41. The van der Waals surface area contributed by atoms with Crippen molar-refractivity contribution in [2.45, 2.75) is 26.2 Å². The lowest BCUT2D eigenvalue weighted by molar-refractivity contribution is 0.0939. The maximum Gasteiger partial charge on any atom is 0.169 e. The number of ketones is 1. The summed E-state index contributed by atoms with van der Waals surface area (Å²) in [5.74, 6) is 0.252. The van der Waals surface area contributed by atoms with Crippen molar-refractivity contribution in [3.63, 3.8) is 0 Å². The molecular weight excluding hydrogens is 246 g/mol. The second-order valence-corrected chi connectivity index (χ2v) is 6.44. The summed E-state index contributed by atoms with van der Waals surface area (Å²) in [7, 11) is 0. The van der Waals surface area contributed by atoms with Crippen LogP contribution in [-0.2, 0) is 0 Å². The van der Waals surface area contributed by atoms with Crippen molar-refractivity contribution < 1.29 is 13.6 Å². The van der Waals surface area contributed by atoms with E-state index in [1.54, 1.807) is 0 Å². The van der Waals surface area contributed by atoms with E-state index in [-0.39, 0.29) is 22.8 Å². The third-order valence-electron chi connectivity index (χ3n) is 5.58. The molecule has 19 heavy (non-hydrogen) atoms. The molecule has 0 aromatic heterocycles. The molecule has 2 bridgehead atoms. The molecule has 1 aromatic rings. The summed E-state index contributed by atoms with van der Waals surface area (Å²) in [6, 6.07) is 2.95. The maximum atomic E-state index is 13.9. The summed E-state index contributed by atoms with van der Waals surface area (Å²) in [4.78, 5) is 12.4. The van der Waals surface area contributed by atoms with E-state index < -0.39 is 11.6 Å². The Morgan fingerprint density at radius 1 is 1.11 bits per heavy atom. The van der Waals surface area contributed by atoms with Gasteiger partial charge in [0.25, 0.3) is 0 Å². The van der Waals surface area contributed by atoms with Crippen LogP contribution in [0.3, 0.4) is 0 Å². The van der Waals surface area contributed by atoms with Crippen molar-refractivity contribution in [2.24, 2.45) is 29.6 Å². The van der Waals surface area contributed by atoms with Crippen LogP contribution < -0.4 is 0 Å². The van der Waals surface area contributed by atoms with E-state index in [0.717, 1.165) is 0 Å². The predicted molar refractivity (Wildman–Crippen MR) is 66.7 cm³/mol. The molecule has 1 nitrogen and oxygen atoms in total. The van der Waals surface area contributed by atoms with Crippen LogP contribution >= 0.6 is 0 Å². The van der Waals surface area contributed by atoms with Crippen molar-refractivity contribution in [3.8, 4) is 0 Å². The minimum Gasteiger partial charge on any atom is -0.294 e. The van der Waals surface area contributed by atoms with Gasteiger partial charge in [-0.1, -0.05) is 6.07 Å². The average Bonchev–Trinajstić information content (AvgIpc) is 2.84. The number of hydrogen-bond acceptors (Lipinski definition) is 1. The number of fused-ring (bicyclic) bond motifs is 5. The van der Waals surface area contributed by atoms with Gasteiger partial charge in [0.2, 0.25) is 0 Å². The second-order valence-electron chi connectivity index (χ2n) is 6.44. The van der Waals surface area contributed by atoms with Crippen molar-refractivity contribution in [2.75, 3.05) is 0 Å². The Balaban J connectivity index is 1.65. The Morgan fingerprint density at radius 2 is 1.74 bits per heavy atom. The SMILES string of the molecule is Cc1ccc(C(=O)C2C3C4CCC(C4)C23)c(F)c1F. The van der Waals surface area contributed by atoms with Gasteiger partial charge in [0.1, 0.15) is 0 Å². The van der Waals surface area contributed by atoms with E-state index in [9.17, 15) is 13.6 Å². The van der Waals surface area contributed by atoms with Crippen LogP contribution in [0.15, 0.2) is 12.1 Å². The first-order valence-electron chi connectivity index (χ1n) is 7.08. The molecule has 3 fully saturated rings. The van der Waals surface area contributed by atoms with E-state index in [0.29, 0.717) is 23.7 Å². The van der Waals surface area contributed by atoms with Gasteiger partial charge < -0.3 is 0 Å². The number of halogens is 2. The molecule has 3 saturated carbocycles. The number of carbonyl (C=O) groups is 1. The lowest BCUT2D eigenvalue weighted by Gasteiger charge is -2.09. The first kappa shape index (κ1) is 11.6. The van der Waals surface area contributed by atoms with E-state index in [1.807, 2.05) is 0 Å². The minimum absolute atomic E-state index is 0.0251. The normalized spacial score (nSPS) is 38.4. The number of benzene rings is 1. The quantitative estimate of drug-likeness (QED) is 0.742. The summed E-state index contributed by atoms with van der Waals surface area (Å²) < 4.78 is 27.5. The molecule has 0 N–H and O–H groups in total. The number of hydrogen-bond donors (Lipinski definition) is 0. The summed E-state index contributed by atoms with van der Waals surface area (Å²) >= 11 is 0. The Hall–Kier alpha value is -1.25. The smallest absolute Gasteiger partial charge is 0.169 e. The minimum atomic E-state index is -0.956. The third-order valence-corrected chi connectivity index (χ3v) is 5.58. The highest BCUT2D eigenvalue weighted by Crippen LogP contribution is 2.69. The zero-order chi connectivity index (χ0) is 13.3. The van der Waals surface area contributed by atoms with E-state index in [2.05, 4.69) is 0 Å². The highest BCUT2D eigenvalue weighted by molar-refractivity contribution is 6.00. The number of carbonyl (C=O) groups excluding carboxylic acids is 1. The first-order chi connectivity index (χ1) is 9.09. The second kappa shape index (κ2) is 3.65. The van der Waals surface area contributed by atoms with Gasteiger partial charge in [0, 0.05) is 5.92 Å². The molecule has 3 aliphatic carbocycles. The number of Topliss-reactive ketones (excluding diaryl/α,β-unsaturated/α-hetero) is 1. The van der Waals surface area contributed by atoms with Gasteiger partial charge in [0.05, 0.1) is 5.56 Å². The first-order valence-corrected chi connectivity index (χ1v) is 7.08. The topological polar surface area (TPSA) is 17.1 Å². The fourth-order valence-electron chi connectivity index (χ4n) is 4.69. The molecule has 100 valence electrons. The fourth-order valence-corrected chi connectivity index (χ4v) is 4.69. The molecule has 0 aliphatic heterocycles. The summed E-state index contributed by atoms with van der Waals surface area (Å²) in [5, 5.41) is 0. The Morgan fingerprint density at radius 3 is 2.37 bits per heavy atom. The van der Waals surface area contributed by atoms with Gasteiger partial charge in [-0.05, 0) is 61.5 Å². The monoisotopic (exact) mass is 262 g/mol. The molecule has 4 unspecified atom stereocenters. The van der Waals surface area contributed by atoms with Crippen LogP contribution in [0.2, 0.25) is 0 Å². The van der Waals surface area contributed by atoms with Crippen LogP contribution in [0.1, 0.15) is 35.2 Å². The van der Waals surface area contributed by atoms with Gasteiger partial charge in [-0.2, -0.15) is 0 Å². The molecule has 0 saturated heterocycles. The molecule has 0 amide bonds. The van der Waals surface area contributed by atoms with Crippen LogP contribution in [0.4, 0.5) is 8.78 Å². The standard InChI is InChI=1S/C16H16F2O/c1-7-2-5-10(15(18)14(7)17)16(19)13-11-8-3-4-9(6-8)12(11)13/h2,5,8-9,11-13H,3-4,6H2,1H3. The van der Waals surface area contributed by atoms with Crippen LogP contribution in [0, 0.1) is 48.1 Å². The van der Waals surface area contributed by atoms with E-state index in [1.165, 1.54) is 38.3 Å². The summed E-state index contributed by atoms with van der Waals surface area (Å²) in [6.45, 7) is 1.51. The zero-order valence-electron chi connectivity index (χ0n) is 10.8. The molecule has 1 aromatic carbocycles. The van der Waals surface area contributed by atoms with E-state index in [4.69, 9.17) is 0 Å². The van der Waals surface area contributed by atoms with Crippen LogP contribution in [0.5, 0.6) is 0 Å². The van der Waals surface area contributed by atoms with Crippen LogP contribution in [0.25, 0.3) is 0 Å². The van der Waals surface area contributed by atoms with Gasteiger partial charge in [-0.3, -0.25) is 4.79 Å². The fraction of sp³-hybridized carbons (Fsp3) is 0.562. The van der Waals surface area contributed by atoms with Gasteiger partial charge >= 0.3 is 0 Å². The van der Waals surface area contributed by atoms with Crippen molar-refractivity contribution in [1.29, 1.82) is 0 Å². The Labute approximate surface area is 111 Å². The number of aryl methyl sites for hydroxylation is 1. The molecule has 0 radical (unpaired) electrons. The predicted octanol–water partition coefficient (Wildman–Crippen LogP) is 3.75. The number of rotatable bonds is 2. The molecule has 4 atom stereocenters. The van der Waals surface area contributed by atoms with Gasteiger partial charge in [0.15, 0.2) is 17.4 Å². The molecule has 3 heteroatoms. The lowest BCUT2D eigenvalue weighted by Crippen LogP contribution is -2.13. The largest absolute Gasteiger partial charge is 0.294 e. The van der Waals surface area contributed by atoms with Gasteiger partial charge in [-0.15, -0.1) is 0 Å². The zero-order valence-corrected chi connectivity index (χ0v) is 10.8. The molecule has 0 spiro atoms. The Kier molecular flexibility index (Phi) is 2.22. The van der Waals surface area contributed by atoms with Gasteiger partial charge in [-0.25, -0.2) is 8.78 Å². The summed E-state index contributed by atoms with van der Waals surface area (Å²) in [5.41, 5.74) is 0.215. The molecule has 4 rings (SSSR count). The molecule has 0 heterocycles. The van der Waals surface area contributed by atoms with E-state index >= 15 is 0 Å². The molecular formula is C16H16F2O. The lowest BCUT2D eigenvalue weighted by atomic mass is 9.95. The highest BCUT2D eigenvalue weighted by Gasteiger charge is 2.67. The Bertz CT molecular complexity index is 564. The van der Waals surface area contributed by atoms with Crippen molar-refractivity contribution in [1.82, 2.24) is 0 Å². The van der Waals surface area contributed by atoms with Crippen LogP contribution in [-0.4, -0.2) is 5.78 Å². The highest BCUT2D eigenvalue weighted by atomic mass is 19.2. The van der Waals surface area contributed by atoms with Crippen molar-refractivity contribution in [3.05, 3.63) is 34.9 Å². The van der Waals surface area contributed by atoms with Crippen molar-refractivity contribution >= 4 is 5.78 Å². The average molecular weight is 262 g/mol. The maximum absolute atomic E-state index is 13.9.